The Kier molecular flexibility index (Phi) is 6.94. The third-order valence-corrected chi connectivity index (χ3v) is 5.55. The lowest BCUT2D eigenvalue weighted by Gasteiger charge is -2.36. The molecular formula is C24H31N7. The van der Waals surface area contributed by atoms with E-state index in [-0.39, 0.29) is 0 Å². The normalized spacial score (nSPS) is 15.3. The van der Waals surface area contributed by atoms with Crippen molar-refractivity contribution in [2.45, 2.75) is 26.9 Å². The second kappa shape index (κ2) is 10.2. The van der Waals surface area contributed by atoms with Gasteiger partial charge in [0.25, 0.3) is 0 Å². The molecule has 0 saturated carbocycles. The van der Waals surface area contributed by atoms with E-state index in [0.29, 0.717) is 6.54 Å². The van der Waals surface area contributed by atoms with Crippen LogP contribution in [-0.4, -0.2) is 63.0 Å². The molecule has 1 saturated heterocycles. The Morgan fingerprint density at radius 1 is 1.00 bits per heavy atom. The van der Waals surface area contributed by atoms with Crippen LogP contribution in [0.25, 0.3) is 5.82 Å². The maximum Gasteiger partial charge on any atom is 0.194 e. The van der Waals surface area contributed by atoms with Gasteiger partial charge in [-0.25, -0.2) is 15.0 Å². The Morgan fingerprint density at radius 3 is 2.45 bits per heavy atom. The Labute approximate surface area is 184 Å². The second-order valence-electron chi connectivity index (χ2n) is 7.79. The summed E-state index contributed by atoms with van der Waals surface area (Å²) in [6.07, 6.45) is 5.62. The van der Waals surface area contributed by atoms with Gasteiger partial charge in [0.2, 0.25) is 0 Å². The Balaban J connectivity index is 1.35. The number of rotatable bonds is 6. The first kappa shape index (κ1) is 21.1. The third kappa shape index (κ3) is 5.49. The van der Waals surface area contributed by atoms with E-state index in [1.54, 1.807) is 6.20 Å². The first-order valence-electron chi connectivity index (χ1n) is 11.0. The van der Waals surface area contributed by atoms with E-state index in [4.69, 9.17) is 4.99 Å². The minimum atomic E-state index is 0.614. The molecule has 3 heterocycles. The lowest BCUT2D eigenvalue weighted by atomic mass is 10.2. The summed E-state index contributed by atoms with van der Waals surface area (Å²) in [4.78, 5) is 18.6. The number of aryl methyl sites for hydroxylation is 1. The fraction of sp³-hybridized carbons (Fsp3) is 0.375. The quantitative estimate of drug-likeness (QED) is 0.494. The van der Waals surface area contributed by atoms with Gasteiger partial charge in [0, 0.05) is 57.9 Å². The highest BCUT2D eigenvalue weighted by molar-refractivity contribution is 5.80. The number of nitrogens with one attached hydrogen (secondary N) is 1. The van der Waals surface area contributed by atoms with Crippen LogP contribution < -0.4 is 5.32 Å². The predicted molar refractivity (Wildman–Crippen MR) is 124 cm³/mol. The number of nitrogens with zero attached hydrogens (tertiary/aromatic N) is 6. The molecule has 1 N–H and O–H groups in total. The van der Waals surface area contributed by atoms with Crippen LogP contribution in [0, 0.1) is 6.92 Å². The molecule has 0 atom stereocenters. The number of aromatic nitrogens is 3. The fourth-order valence-electron chi connectivity index (χ4n) is 3.82. The van der Waals surface area contributed by atoms with Crippen LogP contribution in [0.15, 0.2) is 66.0 Å². The summed E-state index contributed by atoms with van der Waals surface area (Å²) in [6, 6.07) is 14.8. The van der Waals surface area contributed by atoms with E-state index in [0.717, 1.165) is 62.4 Å². The van der Waals surface area contributed by atoms with E-state index in [1.807, 2.05) is 30.0 Å². The molecule has 0 spiro atoms. The van der Waals surface area contributed by atoms with Gasteiger partial charge < -0.3 is 10.2 Å². The van der Waals surface area contributed by atoms with Crippen molar-refractivity contribution in [1.82, 2.24) is 29.7 Å². The molecule has 1 aliphatic heterocycles. The van der Waals surface area contributed by atoms with Crippen LogP contribution >= 0.6 is 0 Å². The van der Waals surface area contributed by atoms with E-state index >= 15 is 0 Å². The number of hydrogen-bond donors (Lipinski definition) is 1. The van der Waals surface area contributed by atoms with Gasteiger partial charge >= 0.3 is 0 Å². The van der Waals surface area contributed by atoms with Gasteiger partial charge in [0.05, 0.1) is 6.54 Å². The van der Waals surface area contributed by atoms with Gasteiger partial charge in [-0.2, -0.15) is 0 Å². The van der Waals surface area contributed by atoms with Crippen molar-refractivity contribution in [3.8, 4) is 5.82 Å². The largest absolute Gasteiger partial charge is 0.357 e. The van der Waals surface area contributed by atoms with Gasteiger partial charge in [-0.05, 0) is 31.0 Å². The first-order chi connectivity index (χ1) is 15.2. The first-order valence-corrected chi connectivity index (χ1v) is 11.0. The summed E-state index contributed by atoms with van der Waals surface area (Å²) in [6.45, 7) is 10.6. The van der Waals surface area contributed by atoms with E-state index in [1.165, 1.54) is 5.56 Å². The van der Waals surface area contributed by atoms with Crippen molar-refractivity contribution in [3.63, 3.8) is 0 Å². The van der Waals surface area contributed by atoms with E-state index in [2.05, 4.69) is 68.4 Å². The second-order valence-corrected chi connectivity index (χ2v) is 7.79. The van der Waals surface area contributed by atoms with Gasteiger partial charge in [0.1, 0.15) is 11.6 Å². The SMILES string of the molecule is CCNC(=NCc1ccc(-n2ccnc2C)nc1)N1CCN(Cc2ccccc2)CC1. The van der Waals surface area contributed by atoms with Gasteiger partial charge in [-0.1, -0.05) is 36.4 Å². The number of imidazole rings is 1. The molecule has 0 unspecified atom stereocenters. The van der Waals surface area contributed by atoms with Crippen molar-refractivity contribution in [3.05, 3.63) is 78.0 Å². The summed E-state index contributed by atoms with van der Waals surface area (Å²) in [5, 5.41) is 3.45. The van der Waals surface area contributed by atoms with Crippen LogP contribution in [0.1, 0.15) is 23.9 Å². The van der Waals surface area contributed by atoms with Gasteiger partial charge in [0.15, 0.2) is 5.96 Å². The Bertz CT molecular complexity index is 971. The number of benzene rings is 1. The predicted octanol–water partition coefficient (Wildman–Crippen LogP) is 2.86. The monoisotopic (exact) mass is 417 g/mol. The molecule has 3 aromatic rings. The van der Waals surface area contributed by atoms with Crippen molar-refractivity contribution in [2.24, 2.45) is 4.99 Å². The highest BCUT2D eigenvalue weighted by atomic mass is 15.3. The summed E-state index contributed by atoms with van der Waals surface area (Å²) in [5.74, 6) is 2.79. The standard InChI is InChI=1S/C24H31N7/c1-3-25-24(30-15-13-29(14-16-30)19-21-7-5-4-6-8-21)28-18-22-9-10-23(27-17-22)31-12-11-26-20(31)2/h4-12,17H,3,13-16,18-19H2,1-2H3,(H,25,28). The lowest BCUT2D eigenvalue weighted by Crippen LogP contribution is -2.52. The lowest BCUT2D eigenvalue weighted by molar-refractivity contribution is 0.172. The molecule has 0 amide bonds. The van der Waals surface area contributed by atoms with Gasteiger partial charge in [-0.3, -0.25) is 9.47 Å². The van der Waals surface area contributed by atoms with Crippen LogP contribution in [0.5, 0.6) is 0 Å². The Morgan fingerprint density at radius 2 is 1.81 bits per heavy atom. The average molecular weight is 418 g/mol. The summed E-state index contributed by atoms with van der Waals surface area (Å²) in [5.41, 5.74) is 2.47. The molecule has 1 fully saturated rings. The third-order valence-electron chi connectivity index (χ3n) is 5.55. The topological polar surface area (TPSA) is 61.6 Å². The molecule has 31 heavy (non-hydrogen) atoms. The summed E-state index contributed by atoms with van der Waals surface area (Å²) >= 11 is 0. The minimum Gasteiger partial charge on any atom is -0.357 e. The number of pyridine rings is 1. The fourth-order valence-corrected chi connectivity index (χ4v) is 3.82. The molecule has 2 aromatic heterocycles. The van der Waals surface area contributed by atoms with Crippen molar-refractivity contribution < 1.29 is 0 Å². The van der Waals surface area contributed by atoms with Crippen molar-refractivity contribution >= 4 is 5.96 Å². The minimum absolute atomic E-state index is 0.614. The zero-order chi connectivity index (χ0) is 21.5. The van der Waals surface area contributed by atoms with Crippen molar-refractivity contribution in [2.75, 3.05) is 32.7 Å². The maximum atomic E-state index is 4.88. The summed E-state index contributed by atoms with van der Waals surface area (Å²) < 4.78 is 1.98. The molecule has 0 bridgehead atoms. The summed E-state index contributed by atoms with van der Waals surface area (Å²) in [7, 11) is 0. The Hall–Kier alpha value is -3.19. The van der Waals surface area contributed by atoms with Crippen molar-refractivity contribution in [1.29, 1.82) is 0 Å². The zero-order valence-corrected chi connectivity index (χ0v) is 18.4. The highest BCUT2D eigenvalue weighted by Crippen LogP contribution is 2.11. The van der Waals surface area contributed by atoms with Crippen LogP contribution in [-0.2, 0) is 13.1 Å². The number of guanidine groups is 1. The van der Waals surface area contributed by atoms with Crippen LogP contribution in [0.3, 0.4) is 0 Å². The zero-order valence-electron chi connectivity index (χ0n) is 18.4. The number of piperazine rings is 1. The smallest absolute Gasteiger partial charge is 0.194 e. The molecule has 0 aliphatic carbocycles. The number of aliphatic imine (C=N–C) groups is 1. The molecular weight excluding hydrogens is 386 g/mol. The molecule has 1 aromatic carbocycles. The maximum absolute atomic E-state index is 4.88. The van der Waals surface area contributed by atoms with Crippen LogP contribution in [0.4, 0.5) is 0 Å². The van der Waals surface area contributed by atoms with Gasteiger partial charge in [-0.15, -0.1) is 0 Å². The highest BCUT2D eigenvalue weighted by Gasteiger charge is 2.19. The molecule has 7 nitrogen and oxygen atoms in total. The van der Waals surface area contributed by atoms with Crippen LogP contribution in [0.2, 0.25) is 0 Å². The molecule has 4 rings (SSSR count). The van der Waals surface area contributed by atoms with E-state index < -0.39 is 0 Å². The number of hydrogen-bond acceptors (Lipinski definition) is 4. The molecule has 162 valence electrons. The average Bonchev–Trinajstić information content (AvgIpc) is 3.24. The van der Waals surface area contributed by atoms with E-state index in [9.17, 15) is 0 Å². The molecule has 0 radical (unpaired) electrons. The molecule has 1 aliphatic rings. The molecule has 7 heteroatoms.